The van der Waals surface area contributed by atoms with Gasteiger partial charge in [-0.1, -0.05) is 48.8 Å². The van der Waals surface area contributed by atoms with Crippen molar-refractivity contribution in [2.75, 3.05) is 23.4 Å². The smallest absolute Gasteiger partial charge is 0.311 e. The van der Waals surface area contributed by atoms with Gasteiger partial charge in [0.2, 0.25) is 5.91 Å². The second-order valence-corrected chi connectivity index (χ2v) is 11.6. The Morgan fingerprint density at radius 1 is 0.949 bits per heavy atom. The molecule has 3 aromatic carbocycles. The predicted octanol–water partition coefficient (Wildman–Crippen LogP) is 6.69. The normalized spacial score (nSPS) is 15.3. The van der Waals surface area contributed by atoms with Gasteiger partial charge in [-0.2, -0.15) is 0 Å². The molecule has 2 amide bonds. The zero-order chi connectivity index (χ0) is 28.3. The predicted molar refractivity (Wildman–Crippen MR) is 155 cm³/mol. The molecule has 0 spiro atoms. The number of carbonyl (C=O) groups is 3. The average Bonchev–Trinajstić information content (AvgIpc) is 3.29. The van der Waals surface area contributed by atoms with E-state index in [0.717, 1.165) is 21.3 Å². The van der Waals surface area contributed by atoms with Crippen LogP contribution in [0.2, 0.25) is 0 Å². The fourth-order valence-electron chi connectivity index (χ4n) is 4.33. The number of hydrogen-bond acceptors (Lipinski definition) is 5. The van der Waals surface area contributed by atoms with E-state index in [-0.39, 0.29) is 24.3 Å². The van der Waals surface area contributed by atoms with Crippen LogP contribution in [0.15, 0.2) is 65.1 Å². The van der Waals surface area contributed by atoms with Crippen molar-refractivity contribution in [2.45, 2.75) is 46.5 Å². The lowest BCUT2D eigenvalue weighted by Crippen LogP contribution is -2.28. The van der Waals surface area contributed by atoms with Crippen LogP contribution >= 0.6 is 15.9 Å². The minimum atomic E-state index is -0.640. The van der Waals surface area contributed by atoms with E-state index in [0.29, 0.717) is 17.1 Å². The van der Waals surface area contributed by atoms with E-state index in [1.807, 2.05) is 32.0 Å². The van der Waals surface area contributed by atoms with Gasteiger partial charge in [0, 0.05) is 28.8 Å². The highest BCUT2D eigenvalue weighted by atomic mass is 79.9. The number of nitrogens with zero attached hydrogens (tertiary/aromatic N) is 1. The van der Waals surface area contributed by atoms with E-state index in [1.165, 1.54) is 5.56 Å². The van der Waals surface area contributed by atoms with Crippen molar-refractivity contribution in [3.63, 3.8) is 0 Å². The van der Waals surface area contributed by atoms with Crippen molar-refractivity contribution < 1.29 is 23.9 Å². The number of amides is 2. The quantitative estimate of drug-likeness (QED) is 0.309. The number of rotatable bonds is 7. The lowest BCUT2D eigenvalue weighted by Gasteiger charge is -2.19. The Bertz CT molecular complexity index is 1380. The fourth-order valence-corrected chi connectivity index (χ4v) is 4.76. The molecule has 0 aliphatic carbocycles. The van der Waals surface area contributed by atoms with Gasteiger partial charge in [0.05, 0.1) is 5.92 Å². The second kappa shape index (κ2) is 11.6. The van der Waals surface area contributed by atoms with Crippen LogP contribution in [0.25, 0.3) is 0 Å². The number of anilines is 2. The van der Waals surface area contributed by atoms with E-state index >= 15 is 0 Å². The second-order valence-electron chi connectivity index (χ2n) is 10.8. The SMILES string of the molecule is Cc1c(Br)ccc(NC(=O)COC(=O)[C@@H]2CC(=O)N(c3ccc(Oc4ccc(C(C)(C)C)cc4)cc3)C2)c1C. The van der Waals surface area contributed by atoms with Crippen molar-refractivity contribution in [1.82, 2.24) is 0 Å². The first-order valence-corrected chi connectivity index (χ1v) is 13.6. The van der Waals surface area contributed by atoms with E-state index < -0.39 is 24.4 Å². The Balaban J connectivity index is 1.30. The molecule has 1 fully saturated rings. The maximum absolute atomic E-state index is 12.7. The molecule has 0 unspecified atom stereocenters. The zero-order valence-corrected chi connectivity index (χ0v) is 24.4. The fraction of sp³-hybridized carbons (Fsp3) is 0.323. The van der Waals surface area contributed by atoms with Gasteiger partial charge in [0.1, 0.15) is 11.5 Å². The number of ether oxygens (including phenoxy) is 2. The molecule has 4 rings (SSSR count). The summed E-state index contributed by atoms with van der Waals surface area (Å²) in [5, 5.41) is 2.77. The summed E-state index contributed by atoms with van der Waals surface area (Å²) in [5.74, 6) is -0.438. The molecule has 7 nitrogen and oxygen atoms in total. The van der Waals surface area contributed by atoms with Gasteiger partial charge in [0.15, 0.2) is 6.61 Å². The summed E-state index contributed by atoms with van der Waals surface area (Å²) in [6, 6.07) is 18.8. The zero-order valence-electron chi connectivity index (χ0n) is 22.8. The highest BCUT2D eigenvalue weighted by Gasteiger charge is 2.36. The molecule has 39 heavy (non-hydrogen) atoms. The third-order valence-electron chi connectivity index (χ3n) is 6.90. The summed E-state index contributed by atoms with van der Waals surface area (Å²) in [5.41, 5.74) is 4.57. The van der Waals surface area contributed by atoms with Crippen molar-refractivity contribution in [3.8, 4) is 11.5 Å². The topological polar surface area (TPSA) is 84.9 Å². The van der Waals surface area contributed by atoms with Gasteiger partial charge < -0.3 is 19.7 Å². The maximum atomic E-state index is 12.7. The van der Waals surface area contributed by atoms with Crippen molar-refractivity contribution in [2.24, 2.45) is 5.92 Å². The molecule has 1 aliphatic heterocycles. The molecule has 1 saturated heterocycles. The third kappa shape index (κ3) is 6.87. The molecule has 1 N–H and O–H groups in total. The number of carbonyl (C=O) groups excluding carboxylic acids is 3. The summed E-state index contributed by atoms with van der Waals surface area (Å²) < 4.78 is 12.1. The van der Waals surface area contributed by atoms with Crippen LogP contribution in [0.1, 0.15) is 43.9 Å². The van der Waals surface area contributed by atoms with Crippen molar-refractivity contribution in [1.29, 1.82) is 0 Å². The molecule has 8 heteroatoms. The Hall–Kier alpha value is -3.65. The van der Waals surface area contributed by atoms with Gasteiger partial charge in [-0.25, -0.2) is 0 Å². The summed E-state index contributed by atoms with van der Waals surface area (Å²) >= 11 is 3.46. The van der Waals surface area contributed by atoms with Gasteiger partial charge in [-0.05, 0) is 84.5 Å². The molecule has 3 aromatic rings. The van der Waals surface area contributed by atoms with Crippen LogP contribution in [0.3, 0.4) is 0 Å². The highest BCUT2D eigenvalue weighted by molar-refractivity contribution is 9.10. The van der Waals surface area contributed by atoms with E-state index in [1.54, 1.807) is 35.2 Å². The third-order valence-corrected chi connectivity index (χ3v) is 7.76. The van der Waals surface area contributed by atoms with Crippen LogP contribution in [0, 0.1) is 19.8 Å². The minimum absolute atomic E-state index is 0.0316. The first-order chi connectivity index (χ1) is 18.4. The van der Waals surface area contributed by atoms with Crippen LogP contribution in [-0.2, 0) is 24.5 Å². The largest absolute Gasteiger partial charge is 0.457 e. The molecular weight excluding hydrogens is 560 g/mol. The number of esters is 1. The molecular formula is C31H33BrN2O5. The molecule has 204 valence electrons. The number of hydrogen-bond donors (Lipinski definition) is 1. The lowest BCUT2D eigenvalue weighted by molar-refractivity contribution is -0.151. The number of benzene rings is 3. The van der Waals surface area contributed by atoms with E-state index in [4.69, 9.17) is 9.47 Å². The lowest BCUT2D eigenvalue weighted by atomic mass is 9.87. The Labute approximate surface area is 237 Å². The van der Waals surface area contributed by atoms with Crippen LogP contribution in [0.5, 0.6) is 11.5 Å². The molecule has 1 aliphatic rings. The van der Waals surface area contributed by atoms with Gasteiger partial charge >= 0.3 is 5.97 Å². The Morgan fingerprint density at radius 2 is 1.56 bits per heavy atom. The van der Waals surface area contributed by atoms with Crippen LogP contribution in [-0.4, -0.2) is 30.9 Å². The molecule has 0 bridgehead atoms. The van der Waals surface area contributed by atoms with E-state index in [9.17, 15) is 14.4 Å². The summed E-state index contributed by atoms with van der Waals surface area (Å²) in [6.07, 6.45) is 0.0316. The summed E-state index contributed by atoms with van der Waals surface area (Å²) in [4.78, 5) is 39.2. The average molecular weight is 594 g/mol. The Morgan fingerprint density at radius 3 is 2.18 bits per heavy atom. The maximum Gasteiger partial charge on any atom is 0.311 e. The first kappa shape index (κ1) is 28.4. The van der Waals surface area contributed by atoms with E-state index in [2.05, 4.69) is 54.2 Å². The molecule has 0 radical (unpaired) electrons. The van der Waals surface area contributed by atoms with Gasteiger partial charge in [0.25, 0.3) is 5.91 Å². The molecule has 0 saturated carbocycles. The van der Waals surface area contributed by atoms with Gasteiger partial charge in [-0.3, -0.25) is 14.4 Å². The number of nitrogens with one attached hydrogen (secondary N) is 1. The summed E-state index contributed by atoms with van der Waals surface area (Å²) in [7, 11) is 0. The minimum Gasteiger partial charge on any atom is -0.457 e. The summed E-state index contributed by atoms with van der Waals surface area (Å²) in [6.45, 7) is 10.1. The van der Waals surface area contributed by atoms with Crippen LogP contribution in [0.4, 0.5) is 11.4 Å². The monoisotopic (exact) mass is 592 g/mol. The van der Waals surface area contributed by atoms with Crippen molar-refractivity contribution >= 4 is 45.1 Å². The van der Waals surface area contributed by atoms with Crippen LogP contribution < -0.4 is 15.0 Å². The van der Waals surface area contributed by atoms with Gasteiger partial charge in [-0.15, -0.1) is 0 Å². The molecule has 0 aromatic heterocycles. The standard InChI is InChI=1S/C31H33BrN2O5/c1-19-20(2)27(15-14-26(19)32)33-28(35)18-38-30(37)21-16-29(36)34(17-21)23-8-12-25(13-9-23)39-24-10-6-22(7-11-24)31(3,4)5/h6-15,21H,16-18H2,1-5H3,(H,33,35)/t21-/m1/s1. The molecule has 1 atom stereocenters. The van der Waals surface area contributed by atoms with Crippen molar-refractivity contribution in [3.05, 3.63) is 81.8 Å². The first-order valence-electron chi connectivity index (χ1n) is 12.8. The number of halogens is 1. The molecule has 1 heterocycles. The highest BCUT2D eigenvalue weighted by Crippen LogP contribution is 2.31. The Kier molecular flexibility index (Phi) is 8.45.